The Morgan fingerprint density at radius 1 is 1.04 bits per heavy atom. The number of hydrogen-bond donors (Lipinski definition) is 2. The molecule has 1 aliphatic rings. The quantitative estimate of drug-likeness (QED) is 0.523. The van der Waals surface area contributed by atoms with E-state index in [1.807, 2.05) is 24.3 Å². The third-order valence-corrected chi connectivity index (χ3v) is 4.62. The molecule has 0 unspecified atom stereocenters. The second kappa shape index (κ2) is 10.5. The van der Waals surface area contributed by atoms with Crippen molar-refractivity contribution in [1.82, 2.24) is 10.6 Å². The molecule has 2 amide bonds. The summed E-state index contributed by atoms with van der Waals surface area (Å²) in [6.45, 7) is 4.96. The summed E-state index contributed by atoms with van der Waals surface area (Å²) in [5.41, 5.74) is 0. The molecule has 2 N–H and O–H groups in total. The van der Waals surface area contributed by atoms with Gasteiger partial charge in [-0.2, -0.15) is 0 Å². The normalized spacial score (nSPS) is 19.3. The van der Waals surface area contributed by atoms with Crippen molar-refractivity contribution >= 4 is 11.8 Å². The Hall–Kier alpha value is -2.50. The van der Waals surface area contributed by atoms with Crippen LogP contribution in [0.4, 0.5) is 0 Å². The van der Waals surface area contributed by atoms with Crippen LogP contribution in [0.2, 0.25) is 0 Å². The molecular weight excluding hydrogens is 332 g/mol. The molecule has 142 valence electrons. The molecule has 0 aromatic heterocycles. The van der Waals surface area contributed by atoms with Crippen LogP contribution in [0.25, 0.3) is 0 Å². The van der Waals surface area contributed by atoms with Gasteiger partial charge in [-0.15, -0.1) is 6.58 Å². The van der Waals surface area contributed by atoms with Crippen molar-refractivity contribution in [3.63, 3.8) is 0 Å². The van der Waals surface area contributed by atoms with E-state index in [1.54, 1.807) is 13.2 Å². The van der Waals surface area contributed by atoms with Crippen LogP contribution >= 0.6 is 0 Å². The van der Waals surface area contributed by atoms with Crippen molar-refractivity contribution in [2.24, 2.45) is 11.8 Å². The molecule has 1 aromatic rings. The predicted molar refractivity (Wildman–Crippen MR) is 100 cm³/mol. The van der Waals surface area contributed by atoms with Gasteiger partial charge < -0.3 is 20.1 Å². The molecule has 0 atom stereocenters. The Morgan fingerprint density at radius 3 is 2.12 bits per heavy atom. The lowest BCUT2D eigenvalue weighted by Gasteiger charge is -2.27. The molecule has 0 heterocycles. The Morgan fingerprint density at radius 2 is 1.58 bits per heavy atom. The fourth-order valence-electron chi connectivity index (χ4n) is 3.09. The van der Waals surface area contributed by atoms with E-state index in [0.717, 1.165) is 37.2 Å². The molecule has 0 spiro atoms. The van der Waals surface area contributed by atoms with Gasteiger partial charge in [-0.25, -0.2) is 0 Å². The maximum absolute atomic E-state index is 12.2. The van der Waals surface area contributed by atoms with E-state index >= 15 is 0 Å². The van der Waals surface area contributed by atoms with Gasteiger partial charge >= 0.3 is 0 Å². The fourth-order valence-corrected chi connectivity index (χ4v) is 3.09. The molecule has 1 fully saturated rings. The lowest BCUT2D eigenvalue weighted by Crippen LogP contribution is -2.38. The molecule has 26 heavy (non-hydrogen) atoms. The minimum atomic E-state index is -0.0144. The van der Waals surface area contributed by atoms with Crippen molar-refractivity contribution in [3.05, 3.63) is 36.9 Å². The summed E-state index contributed by atoms with van der Waals surface area (Å²) in [5.74, 6) is 1.63. The maximum atomic E-state index is 12.2. The maximum Gasteiger partial charge on any atom is 0.223 e. The van der Waals surface area contributed by atoms with Crippen LogP contribution in [0.5, 0.6) is 11.5 Å². The van der Waals surface area contributed by atoms with Crippen molar-refractivity contribution in [2.75, 3.05) is 26.8 Å². The molecule has 2 rings (SSSR count). The average Bonchev–Trinajstić information content (AvgIpc) is 2.69. The Labute approximate surface area is 154 Å². The zero-order chi connectivity index (χ0) is 18.8. The number of hydrogen-bond acceptors (Lipinski definition) is 4. The zero-order valence-corrected chi connectivity index (χ0v) is 15.3. The van der Waals surface area contributed by atoms with Crippen LogP contribution in [0, 0.1) is 11.8 Å². The fraction of sp³-hybridized carbons (Fsp3) is 0.500. The lowest BCUT2D eigenvalue weighted by molar-refractivity contribution is -0.130. The van der Waals surface area contributed by atoms with E-state index in [-0.39, 0.29) is 23.7 Å². The van der Waals surface area contributed by atoms with E-state index in [1.165, 1.54) is 0 Å². The average molecular weight is 360 g/mol. The van der Waals surface area contributed by atoms with Gasteiger partial charge in [0, 0.05) is 18.4 Å². The number of rotatable bonds is 9. The first-order valence-electron chi connectivity index (χ1n) is 9.07. The first-order chi connectivity index (χ1) is 12.6. The van der Waals surface area contributed by atoms with E-state index in [2.05, 4.69) is 17.2 Å². The predicted octanol–water partition coefficient (Wildman–Crippen LogP) is 2.30. The first-order valence-corrected chi connectivity index (χ1v) is 9.07. The van der Waals surface area contributed by atoms with Gasteiger partial charge in [-0.3, -0.25) is 9.59 Å². The highest BCUT2D eigenvalue weighted by Gasteiger charge is 2.29. The van der Waals surface area contributed by atoms with Crippen LogP contribution < -0.4 is 20.1 Å². The summed E-state index contributed by atoms with van der Waals surface area (Å²) < 4.78 is 10.7. The van der Waals surface area contributed by atoms with Crippen molar-refractivity contribution in [3.8, 4) is 11.5 Å². The number of methoxy groups -OCH3 is 1. The molecule has 0 aliphatic heterocycles. The van der Waals surface area contributed by atoms with Crippen molar-refractivity contribution < 1.29 is 19.1 Å². The highest BCUT2D eigenvalue weighted by atomic mass is 16.5. The number of carbonyl (C=O) groups is 2. The largest absolute Gasteiger partial charge is 0.497 e. The van der Waals surface area contributed by atoms with Gasteiger partial charge in [-0.05, 0) is 49.9 Å². The Balaban J connectivity index is 1.62. The second-order valence-corrected chi connectivity index (χ2v) is 6.40. The molecule has 0 radical (unpaired) electrons. The lowest BCUT2D eigenvalue weighted by atomic mass is 9.81. The van der Waals surface area contributed by atoms with Gasteiger partial charge in [0.1, 0.15) is 18.1 Å². The van der Waals surface area contributed by atoms with Gasteiger partial charge in [0.05, 0.1) is 13.7 Å². The van der Waals surface area contributed by atoms with Crippen molar-refractivity contribution in [1.29, 1.82) is 0 Å². The van der Waals surface area contributed by atoms with E-state index in [0.29, 0.717) is 19.7 Å². The number of amides is 2. The molecule has 1 aliphatic carbocycles. The summed E-state index contributed by atoms with van der Waals surface area (Å²) in [5, 5.41) is 5.75. The summed E-state index contributed by atoms with van der Waals surface area (Å²) >= 11 is 0. The minimum Gasteiger partial charge on any atom is -0.497 e. The standard InChI is InChI=1S/C20H28N2O4/c1-3-12-21-19(23)15-4-6-16(7-5-15)20(24)22-13-14-26-18-10-8-17(25-2)9-11-18/h3,8-11,15-16H,1,4-7,12-14H2,2H3,(H,21,23)(H,22,24). The highest BCUT2D eigenvalue weighted by molar-refractivity contribution is 5.81. The minimum absolute atomic E-state index is 0.0115. The smallest absolute Gasteiger partial charge is 0.223 e. The molecule has 0 saturated heterocycles. The summed E-state index contributed by atoms with van der Waals surface area (Å²) in [7, 11) is 1.62. The topological polar surface area (TPSA) is 76.7 Å². The van der Waals surface area contributed by atoms with Crippen LogP contribution in [0.3, 0.4) is 0 Å². The molecule has 1 saturated carbocycles. The van der Waals surface area contributed by atoms with Gasteiger partial charge in [-0.1, -0.05) is 6.08 Å². The number of ether oxygens (including phenoxy) is 2. The van der Waals surface area contributed by atoms with Gasteiger partial charge in [0.25, 0.3) is 0 Å². The Bertz CT molecular complexity index is 592. The number of benzene rings is 1. The molecule has 0 bridgehead atoms. The number of carbonyl (C=O) groups excluding carboxylic acids is 2. The third-order valence-electron chi connectivity index (χ3n) is 4.62. The monoisotopic (exact) mass is 360 g/mol. The van der Waals surface area contributed by atoms with Crippen molar-refractivity contribution in [2.45, 2.75) is 25.7 Å². The SMILES string of the molecule is C=CCNC(=O)C1CCC(C(=O)NCCOc2ccc(OC)cc2)CC1. The molecular formula is C20H28N2O4. The highest BCUT2D eigenvalue weighted by Crippen LogP contribution is 2.29. The second-order valence-electron chi connectivity index (χ2n) is 6.40. The zero-order valence-electron chi connectivity index (χ0n) is 15.3. The van der Waals surface area contributed by atoms with E-state index < -0.39 is 0 Å². The first kappa shape index (κ1) is 19.8. The van der Waals surface area contributed by atoms with Crippen LogP contribution in [0.15, 0.2) is 36.9 Å². The number of nitrogens with one attached hydrogen (secondary N) is 2. The molecule has 1 aromatic carbocycles. The summed E-state index contributed by atoms with van der Waals surface area (Å²) in [6, 6.07) is 7.33. The van der Waals surface area contributed by atoms with Crippen LogP contribution in [-0.4, -0.2) is 38.6 Å². The molecule has 6 nitrogen and oxygen atoms in total. The third kappa shape index (κ3) is 6.10. The summed E-state index contributed by atoms with van der Waals surface area (Å²) in [6.07, 6.45) is 4.67. The van der Waals surface area contributed by atoms with Crippen LogP contribution in [-0.2, 0) is 9.59 Å². The summed E-state index contributed by atoms with van der Waals surface area (Å²) in [4.78, 5) is 24.2. The van der Waals surface area contributed by atoms with E-state index in [9.17, 15) is 9.59 Å². The van der Waals surface area contributed by atoms with Gasteiger partial charge in [0.2, 0.25) is 11.8 Å². The molecule has 6 heteroatoms. The Kier molecular flexibility index (Phi) is 7.99. The van der Waals surface area contributed by atoms with Crippen LogP contribution in [0.1, 0.15) is 25.7 Å². The van der Waals surface area contributed by atoms with Gasteiger partial charge in [0.15, 0.2) is 0 Å². The van der Waals surface area contributed by atoms with E-state index in [4.69, 9.17) is 9.47 Å².